The first-order valence-corrected chi connectivity index (χ1v) is 7.80. The van der Waals surface area contributed by atoms with Gasteiger partial charge in [0.05, 0.1) is 12.3 Å². The van der Waals surface area contributed by atoms with E-state index in [0.717, 1.165) is 12.8 Å². The van der Waals surface area contributed by atoms with Crippen LogP contribution in [0.5, 0.6) is 0 Å². The van der Waals surface area contributed by atoms with E-state index in [-0.39, 0.29) is 5.03 Å². The van der Waals surface area contributed by atoms with Gasteiger partial charge in [0.25, 0.3) is 10.0 Å². The van der Waals surface area contributed by atoms with Crippen LogP contribution in [0.3, 0.4) is 0 Å². The molecule has 1 fully saturated rings. The molecule has 1 aromatic heterocycles. The molecule has 0 radical (unpaired) electrons. The molecule has 0 spiro atoms. The number of hydrogen-bond donors (Lipinski definition) is 1. The maximum atomic E-state index is 12.3. The Kier molecular flexibility index (Phi) is 3.65. The van der Waals surface area contributed by atoms with Gasteiger partial charge in [0, 0.05) is 7.05 Å². The third-order valence-electron chi connectivity index (χ3n) is 3.72. The van der Waals surface area contributed by atoms with E-state index in [2.05, 4.69) is 22.8 Å². The summed E-state index contributed by atoms with van der Waals surface area (Å²) in [5, 5.41) is 13.3. The number of aromatic nitrogens is 2. The first-order chi connectivity index (χ1) is 8.88. The summed E-state index contributed by atoms with van der Waals surface area (Å²) in [6.07, 6.45) is 4.27. The highest BCUT2D eigenvalue weighted by molar-refractivity contribution is 7.89. The van der Waals surface area contributed by atoms with Crippen LogP contribution in [-0.2, 0) is 17.1 Å². The molecule has 0 saturated heterocycles. The van der Waals surface area contributed by atoms with Crippen LogP contribution >= 0.6 is 0 Å². The number of rotatable bonds is 3. The Morgan fingerprint density at radius 3 is 2.63 bits per heavy atom. The van der Waals surface area contributed by atoms with Crippen LogP contribution in [-0.4, -0.2) is 23.7 Å². The van der Waals surface area contributed by atoms with E-state index in [4.69, 9.17) is 0 Å². The highest BCUT2D eigenvalue weighted by Gasteiger charge is 2.39. The van der Waals surface area contributed by atoms with Gasteiger partial charge in [0.2, 0.25) is 0 Å². The fraction of sp³-hybridized carbons (Fsp3) is 0.667. The summed E-state index contributed by atoms with van der Waals surface area (Å²) in [4.78, 5) is 0. The molecule has 1 aliphatic carbocycles. The molecule has 0 unspecified atom stereocenters. The predicted octanol–water partition coefficient (Wildman–Crippen LogP) is 1.17. The number of nitriles is 1. The van der Waals surface area contributed by atoms with E-state index in [0.29, 0.717) is 18.8 Å². The summed E-state index contributed by atoms with van der Waals surface area (Å²) in [5.74, 6) is 0.544. The van der Waals surface area contributed by atoms with E-state index in [1.165, 1.54) is 16.9 Å². The second kappa shape index (κ2) is 4.94. The van der Waals surface area contributed by atoms with Crippen LogP contribution in [0.4, 0.5) is 0 Å². The van der Waals surface area contributed by atoms with E-state index in [1.54, 1.807) is 7.05 Å². The number of aryl methyl sites for hydroxylation is 1. The zero-order valence-electron chi connectivity index (χ0n) is 11.1. The summed E-state index contributed by atoms with van der Waals surface area (Å²) in [7, 11) is -2.14. The molecule has 0 bridgehead atoms. The first kappa shape index (κ1) is 14.0. The third-order valence-corrected chi connectivity index (χ3v) is 5.33. The lowest BCUT2D eigenvalue weighted by Gasteiger charge is -2.33. The van der Waals surface area contributed by atoms with Crippen molar-refractivity contribution in [1.82, 2.24) is 14.5 Å². The highest BCUT2D eigenvalue weighted by atomic mass is 32.2. The topological polar surface area (TPSA) is 87.8 Å². The Hall–Kier alpha value is -1.39. The summed E-state index contributed by atoms with van der Waals surface area (Å²) < 4.78 is 28.5. The van der Waals surface area contributed by atoms with Crippen LogP contribution in [0.15, 0.2) is 17.3 Å². The van der Waals surface area contributed by atoms with Crippen LogP contribution in [0.1, 0.15) is 32.6 Å². The average Bonchev–Trinajstić information content (AvgIpc) is 2.79. The molecule has 7 heteroatoms. The molecule has 1 aliphatic rings. The number of hydrogen-bond acceptors (Lipinski definition) is 4. The minimum absolute atomic E-state index is 0.0840. The zero-order valence-corrected chi connectivity index (χ0v) is 11.9. The normalized spacial score (nSPS) is 27.9. The molecule has 0 amide bonds. The standard InChI is InChI=1S/C12H18N4O2S/c1-10-3-6-12(9-13,7-4-10)15-19(17,18)11-5-8-14-16(11)2/h5,8,10,15H,3-4,6-7H2,1-2H3. The van der Waals surface area contributed by atoms with Crippen molar-refractivity contribution in [2.45, 2.75) is 43.2 Å². The highest BCUT2D eigenvalue weighted by Crippen LogP contribution is 2.32. The van der Waals surface area contributed by atoms with E-state index >= 15 is 0 Å². The predicted molar refractivity (Wildman–Crippen MR) is 69.5 cm³/mol. The van der Waals surface area contributed by atoms with E-state index < -0.39 is 15.6 Å². The summed E-state index contributed by atoms with van der Waals surface area (Å²) in [6.45, 7) is 2.12. The lowest BCUT2D eigenvalue weighted by molar-refractivity contribution is 0.277. The Labute approximate surface area is 113 Å². The molecule has 0 aliphatic heterocycles. The molecule has 1 aromatic rings. The van der Waals surface area contributed by atoms with E-state index in [9.17, 15) is 13.7 Å². The second-order valence-corrected chi connectivity index (χ2v) is 6.90. The Balaban J connectivity index is 2.24. The van der Waals surface area contributed by atoms with Crippen LogP contribution in [0.25, 0.3) is 0 Å². The van der Waals surface area contributed by atoms with Gasteiger partial charge in [-0.15, -0.1) is 0 Å². The van der Waals surface area contributed by atoms with Gasteiger partial charge in [0.15, 0.2) is 5.03 Å². The van der Waals surface area contributed by atoms with Gasteiger partial charge >= 0.3 is 0 Å². The van der Waals surface area contributed by atoms with Crippen molar-refractivity contribution < 1.29 is 8.42 Å². The molecular formula is C12H18N4O2S. The van der Waals surface area contributed by atoms with Crippen molar-refractivity contribution in [2.24, 2.45) is 13.0 Å². The minimum Gasteiger partial charge on any atom is -0.256 e. The molecule has 0 atom stereocenters. The van der Waals surface area contributed by atoms with Crippen LogP contribution in [0, 0.1) is 17.2 Å². The Morgan fingerprint density at radius 1 is 1.53 bits per heavy atom. The average molecular weight is 282 g/mol. The molecule has 19 heavy (non-hydrogen) atoms. The van der Waals surface area contributed by atoms with Gasteiger partial charge in [-0.25, -0.2) is 8.42 Å². The summed E-state index contributed by atoms with van der Waals surface area (Å²) in [5.41, 5.74) is -0.977. The molecule has 1 saturated carbocycles. The molecule has 2 rings (SSSR count). The lowest BCUT2D eigenvalue weighted by Crippen LogP contribution is -2.49. The van der Waals surface area contributed by atoms with Gasteiger partial charge in [-0.3, -0.25) is 4.68 Å². The molecule has 104 valence electrons. The smallest absolute Gasteiger partial charge is 0.256 e. The van der Waals surface area contributed by atoms with Gasteiger partial charge in [-0.05, 0) is 37.7 Å². The monoisotopic (exact) mass is 282 g/mol. The van der Waals surface area contributed by atoms with Gasteiger partial charge in [-0.2, -0.15) is 15.1 Å². The van der Waals surface area contributed by atoms with Crippen molar-refractivity contribution in [1.29, 1.82) is 5.26 Å². The molecule has 0 aromatic carbocycles. The van der Waals surface area contributed by atoms with Crippen molar-refractivity contribution in [3.05, 3.63) is 12.3 Å². The second-order valence-electron chi connectivity index (χ2n) is 5.27. The first-order valence-electron chi connectivity index (χ1n) is 6.32. The SMILES string of the molecule is CC1CCC(C#N)(NS(=O)(=O)c2ccnn2C)CC1. The van der Waals surface area contributed by atoms with Crippen molar-refractivity contribution in [3.63, 3.8) is 0 Å². The van der Waals surface area contributed by atoms with Gasteiger partial charge < -0.3 is 0 Å². The fourth-order valence-electron chi connectivity index (χ4n) is 2.43. The maximum absolute atomic E-state index is 12.3. The molecular weight excluding hydrogens is 264 g/mol. The van der Waals surface area contributed by atoms with Crippen molar-refractivity contribution in [2.75, 3.05) is 0 Å². The van der Waals surface area contributed by atoms with Crippen molar-refractivity contribution in [3.8, 4) is 6.07 Å². The number of nitrogens with one attached hydrogen (secondary N) is 1. The van der Waals surface area contributed by atoms with Gasteiger partial charge in [0.1, 0.15) is 5.54 Å². The number of nitrogens with zero attached hydrogens (tertiary/aromatic N) is 3. The molecule has 6 nitrogen and oxygen atoms in total. The summed E-state index contributed by atoms with van der Waals surface area (Å²) in [6, 6.07) is 3.58. The van der Waals surface area contributed by atoms with Crippen molar-refractivity contribution >= 4 is 10.0 Å². The fourth-order valence-corrected chi connectivity index (χ4v) is 3.93. The van der Waals surface area contributed by atoms with Crippen LogP contribution < -0.4 is 4.72 Å². The summed E-state index contributed by atoms with van der Waals surface area (Å²) >= 11 is 0. The minimum atomic E-state index is -3.71. The quantitative estimate of drug-likeness (QED) is 0.901. The zero-order chi connectivity index (χ0) is 14.1. The lowest BCUT2D eigenvalue weighted by atomic mass is 9.79. The molecule has 1 heterocycles. The van der Waals surface area contributed by atoms with Crippen LogP contribution in [0.2, 0.25) is 0 Å². The molecule has 1 N–H and O–H groups in total. The van der Waals surface area contributed by atoms with E-state index in [1.807, 2.05) is 0 Å². The maximum Gasteiger partial charge on any atom is 0.259 e. The third kappa shape index (κ3) is 2.80. The number of sulfonamides is 1. The largest absolute Gasteiger partial charge is 0.259 e. The Morgan fingerprint density at radius 2 is 2.16 bits per heavy atom. The Bertz CT molecular complexity index is 591. The van der Waals surface area contributed by atoms with Gasteiger partial charge in [-0.1, -0.05) is 6.92 Å².